The first-order valence-corrected chi connectivity index (χ1v) is 7.00. The molecule has 2 aromatic rings. The number of nitro groups is 1. The first-order valence-electron chi connectivity index (χ1n) is 6.21. The molecule has 0 aliphatic heterocycles. The Bertz CT molecular complexity index is 773. The average molecular weight is 384 g/mol. The molecule has 0 atom stereocenters. The van der Waals surface area contributed by atoms with Gasteiger partial charge in [-0.05, 0) is 35.0 Å². The lowest BCUT2D eigenvalue weighted by molar-refractivity contribution is -0.385. The topological polar surface area (TPSA) is 125 Å². The molecule has 0 spiro atoms. The zero-order valence-electron chi connectivity index (χ0n) is 11.7. The van der Waals surface area contributed by atoms with Gasteiger partial charge in [-0.3, -0.25) is 14.9 Å². The Labute approximate surface area is 137 Å². The number of aromatic nitrogens is 1. The molecule has 2 rings (SSSR count). The number of benzene rings is 1. The van der Waals surface area contributed by atoms with E-state index < -0.39 is 23.4 Å². The number of hydrogen-bond acceptors (Lipinski definition) is 7. The molecule has 23 heavy (non-hydrogen) atoms. The normalized spacial score (nSPS) is 10.2. The van der Waals surface area contributed by atoms with Crippen LogP contribution in [-0.4, -0.2) is 28.6 Å². The molecule has 1 N–H and O–H groups in total. The maximum atomic E-state index is 11.8. The minimum absolute atomic E-state index is 0.0371. The third-order valence-electron chi connectivity index (χ3n) is 2.61. The van der Waals surface area contributed by atoms with Gasteiger partial charge >= 0.3 is 5.97 Å². The van der Waals surface area contributed by atoms with Crippen molar-refractivity contribution >= 4 is 39.3 Å². The van der Waals surface area contributed by atoms with Crippen LogP contribution in [0.2, 0.25) is 0 Å². The molecule has 0 aliphatic carbocycles. The first kappa shape index (κ1) is 16.6. The van der Waals surface area contributed by atoms with Crippen molar-refractivity contribution in [3.8, 4) is 0 Å². The maximum absolute atomic E-state index is 11.8. The summed E-state index contributed by atoms with van der Waals surface area (Å²) in [5.74, 6) is -0.757. The summed E-state index contributed by atoms with van der Waals surface area (Å²) in [6.07, 6.45) is 0. The van der Waals surface area contributed by atoms with Gasteiger partial charge in [0.2, 0.25) is 0 Å². The summed E-state index contributed by atoms with van der Waals surface area (Å²) in [6.45, 7) is 1.09. The predicted octanol–water partition coefficient (Wildman–Crippen LogP) is 2.45. The summed E-state index contributed by atoms with van der Waals surface area (Å²) in [7, 11) is 0. The highest BCUT2D eigenvalue weighted by Crippen LogP contribution is 2.25. The molecule has 1 amide bonds. The molecular formula is C13H10BrN3O6. The van der Waals surface area contributed by atoms with E-state index in [0.29, 0.717) is 5.76 Å². The summed E-state index contributed by atoms with van der Waals surface area (Å²) in [5, 5.41) is 16.7. The van der Waals surface area contributed by atoms with Crippen LogP contribution in [0, 0.1) is 17.0 Å². The number of nitrogens with one attached hydrogen (secondary N) is 1. The lowest BCUT2D eigenvalue weighted by Crippen LogP contribution is -2.21. The minimum Gasteiger partial charge on any atom is -0.452 e. The molecule has 1 heterocycles. The van der Waals surface area contributed by atoms with E-state index in [-0.39, 0.29) is 21.5 Å². The Hall–Kier alpha value is -2.75. The number of carbonyl (C=O) groups is 2. The van der Waals surface area contributed by atoms with Crippen LogP contribution in [-0.2, 0) is 9.53 Å². The van der Waals surface area contributed by atoms with Crippen LogP contribution in [0.15, 0.2) is 33.3 Å². The number of amides is 1. The van der Waals surface area contributed by atoms with E-state index in [1.165, 1.54) is 18.2 Å². The highest BCUT2D eigenvalue weighted by molar-refractivity contribution is 9.10. The van der Waals surface area contributed by atoms with Crippen molar-refractivity contribution in [2.45, 2.75) is 6.92 Å². The Morgan fingerprint density at radius 3 is 2.78 bits per heavy atom. The lowest BCUT2D eigenvalue weighted by Gasteiger charge is -2.05. The Balaban J connectivity index is 1.95. The van der Waals surface area contributed by atoms with Gasteiger partial charge in [0.15, 0.2) is 12.4 Å². The molecular weight excluding hydrogens is 374 g/mol. The van der Waals surface area contributed by atoms with Gasteiger partial charge in [0.1, 0.15) is 5.76 Å². The Kier molecular flexibility index (Phi) is 5.06. The van der Waals surface area contributed by atoms with Crippen LogP contribution < -0.4 is 5.32 Å². The van der Waals surface area contributed by atoms with Gasteiger partial charge in [0.05, 0.1) is 15.0 Å². The predicted molar refractivity (Wildman–Crippen MR) is 80.9 cm³/mol. The van der Waals surface area contributed by atoms with Gasteiger partial charge in [-0.1, -0.05) is 5.16 Å². The highest BCUT2D eigenvalue weighted by atomic mass is 79.9. The van der Waals surface area contributed by atoms with Crippen molar-refractivity contribution in [1.82, 2.24) is 5.16 Å². The largest absolute Gasteiger partial charge is 0.452 e. The fraction of sp³-hybridized carbons (Fsp3) is 0.154. The zero-order valence-corrected chi connectivity index (χ0v) is 13.3. The molecule has 0 bridgehead atoms. The molecule has 0 unspecified atom stereocenters. The summed E-state index contributed by atoms with van der Waals surface area (Å²) < 4.78 is 9.80. The summed E-state index contributed by atoms with van der Waals surface area (Å²) >= 11 is 3.01. The number of rotatable bonds is 5. The highest BCUT2D eigenvalue weighted by Gasteiger charge is 2.18. The zero-order chi connectivity index (χ0) is 17.0. The van der Waals surface area contributed by atoms with Gasteiger partial charge < -0.3 is 14.6 Å². The van der Waals surface area contributed by atoms with Crippen LogP contribution in [0.25, 0.3) is 0 Å². The molecule has 0 fully saturated rings. The number of anilines is 1. The van der Waals surface area contributed by atoms with Crippen molar-refractivity contribution in [3.63, 3.8) is 0 Å². The molecule has 1 aromatic heterocycles. The summed E-state index contributed by atoms with van der Waals surface area (Å²) in [5.41, 5.74) is -0.313. The van der Waals surface area contributed by atoms with Crippen molar-refractivity contribution in [1.29, 1.82) is 0 Å². The number of halogens is 1. The van der Waals surface area contributed by atoms with E-state index in [9.17, 15) is 19.7 Å². The van der Waals surface area contributed by atoms with Crippen LogP contribution >= 0.6 is 15.9 Å². The third-order valence-corrected chi connectivity index (χ3v) is 3.28. The van der Waals surface area contributed by atoms with Crippen LogP contribution in [0.5, 0.6) is 0 Å². The van der Waals surface area contributed by atoms with E-state index >= 15 is 0 Å². The average Bonchev–Trinajstić information content (AvgIpc) is 2.90. The first-order chi connectivity index (χ1) is 10.9. The molecule has 10 heteroatoms. The van der Waals surface area contributed by atoms with Crippen LogP contribution in [0.1, 0.15) is 16.1 Å². The second-order valence-corrected chi connectivity index (χ2v) is 5.22. The second kappa shape index (κ2) is 7.01. The van der Waals surface area contributed by atoms with Gasteiger partial charge in [0, 0.05) is 12.1 Å². The lowest BCUT2D eigenvalue weighted by atomic mass is 10.2. The van der Waals surface area contributed by atoms with Crippen molar-refractivity contribution in [3.05, 3.63) is 50.2 Å². The Morgan fingerprint density at radius 1 is 1.43 bits per heavy atom. The van der Waals surface area contributed by atoms with Crippen LogP contribution in [0.4, 0.5) is 11.5 Å². The number of carbonyl (C=O) groups excluding carboxylic acids is 2. The molecule has 0 saturated heterocycles. The van der Waals surface area contributed by atoms with Gasteiger partial charge in [-0.2, -0.15) is 0 Å². The SMILES string of the molecule is Cc1cc(NC(=O)COC(=O)c2ccc(Br)c([N+](=O)[O-])c2)no1. The molecule has 9 nitrogen and oxygen atoms in total. The summed E-state index contributed by atoms with van der Waals surface area (Å²) in [6, 6.07) is 5.26. The minimum atomic E-state index is -0.855. The van der Waals surface area contributed by atoms with Gasteiger partial charge in [-0.15, -0.1) is 0 Å². The van der Waals surface area contributed by atoms with Crippen molar-refractivity contribution < 1.29 is 23.8 Å². The van der Waals surface area contributed by atoms with Crippen molar-refractivity contribution in [2.75, 3.05) is 11.9 Å². The van der Waals surface area contributed by atoms with Crippen LogP contribution in [0.3, 0.4) is 0 Å². The molecule has 0 saturated carbocycles. The van der Waals surface area contributed by atoms with Gasteiger partial charge in [0.25, 0.3) is 11.6 Å². The third kappa shape index (κ3) is 4.36. The van der Waals surface area contributed by atoms with Gasteiger partial charge in [-0.25, -0.2) is 4.79 Å². The number of hydrogen-bond donors (Lipinski definition) is 1. The monoisotopic (exact) mass is 383 g/mol. The fourth-order valence-corrected chi connectivity index (χ4v) is 1.99. The number of nitrogens with zero attached hydrogens (tertiary/aromatic N) is 2. The number of ether oxygens (including phenoxy) is 1. The van der Waals surface area contributed by atoms with Crippen molar-refractivity contribution in [2.24, 2.45) is 0 Å². The quantitative estimate of drug-likeness (QED) is 0.477. The second-order valence-electron chi connectivity index (χ2n) is 4.37. The summed E-state index contributed by atoms with van der Waals surface area (Å²) in [4.78, 5) is 33.6. The van der Waals surface area contributed by atoms with E-state index in [1.54, 1.807) is 6.92 Å². The number of nitro benzene ring substituents is 1. The van der Waals surface area contributed by atoms with E-state index in [1.807, 2.05) is 0 Å². The fourth-order valence-electron chi connectivity index (χ4n) is 1.60. The number of aryl methyl sites for hydroxylation is 1. The number of esters is 1. The maximum Gasteiger partial charge on any atom is 0.338 e. The molecule has 0 radical (unpaired) electrons. The molecule has 0 aliphatic rings. The Morgan fingerprint density at radius 2 is 2.17 bits per heavy atom. The van der Waals surface area contributed by atoms with E-state index in [4.69, 9.17) is 9.26 Å². The standard InChI is InChI=1S/C13H10BrN3O6/c1-7-4-11(16-23-7)15-12(18)6-22-13(19)8-2-3-9(14)10(5-8)17(20)21/h2-5H,6H2,1H3,(H,15,16,18). The smallest absolute Gasteiger partial charge is 0.338 e. The van der Waals surface area contributed by atoms with E-state index in [0.717, 1.165) is 6.07 Å². The molecule has 120 valence electrons. The van der Waals surface area contributed by atoms with E-state index in [2.05, 4.69) is 26.4 Å². The molecule has 1 aromatic carbocycles.